The van der Waals surface area contributed by atoms with Gasteiger partial charge in [0.05, 0.1) is 11.7 Å². The van der Waals surface area contributed by atoms with Crippen LogP contribution in [0.15, 0.2) is 53.5 Å². The summed E-state index contributed by atoms with van der Waals surface area (Å²) in [6.45, 7) is 0.687. The average Bonchev–Trinajstić information content (AvgIpc) is 3.21. The topological polar surface area (TPSA) is 96.6 Å². The molecule has 2 aromatic carbocycles. The molecule has 2 amide bonds. The molecule has 2 aliphatic rings. The highest BCUT2D eigenvalue weighted by molar-refractivity contribution is 5.98. The molecule has 2 heterocycles. The maximum atomic E-state index is 12.6. The quantitative estimate of drug-likeness (QED) is 0.797. The predicted octanol–water partition coefficient (Wildman–Crippen LogP) is 1.74. The number of nitrogens with one attached hydrogen (secondary N) is 2. The van der Waals surface area contributed by atoms with Gasteiger partial charge in [-0.15, -0.1) is 0 Å². The minimum absolute atomic E-state index is 0.0959. The normalized spacial score (nSPS) is 23.6. The maximum absolute atomic E-state index is 12.6. The molecule has 1 spiro atoms. The number of primary amides is 1. The molecule has 126 valence electrons. The zero-order valence-corrected chi connectivity index (χ0v) is 13.5. The number of rotatable bonds is 3. The van der Waals surface area contributed by atoms with Crippen LogP contribution in [0.3, 0.4) is 0 Å². The third-order valence-electron chi connectivity index (χ3n) is 4.88. The molecular formula is C19H18N4O2. The first-order valence-electron chi connectivity index (χ1n) is 8.16. The van der Waals surface area contributed by atoms with E-state index in [2.05, 4.69) is 21.7 Å². The first-order chi connectivity index (χ1) is 12.1. The van der Waals surface area contributed by atoms with Crippen LogP contribution in [0.25, 0.3) is 0 Å². The van der Waals surface area contributed by atoms with Gasteiger partial charge in [-0.05, 0) is 42.3 Å². The van der Waals surface area contributed by atoms with E-state index in [0.29, 0.717) is 24.2 Å². The number of anilines is 1. The summed E-state index contributed by atoms with van der Waals surface area (Å²) in [5, 5.41) is 6.18. The average molecular weight is 334 g/mol. The first-order valence-corrected chi connectivity index (χ1v) is 8.16. The lowest BCUT2D eigenvalue weighted by atomic mass is 9.80. The third kappa shape index (κ3) is 2.70. The number of fused-ring (bicyclic) bond motifs is 2. The lowest BCUT2D eigenvalue weighted by Gasteiger charge is -2.20. The lowest BCUT2D eigenvalue weighted by Crippen LogP contribution is -2.35. The molecular weight excluding hydrogens is 316 g/mol. The fourth-order valence-corrected chi connectivity index (χ4v) is 3.52. The van der Waals surface area contributed by atoms with Crippen LogP contribution in [0.5, 0.6) is 0 Å². The Bertz CT molecular complexity index is 875. The standard InChI is InChI=1S/C19H18N4O2/c20-17(24)12-5-7-13(8-6-12)23-18(25)16-9-19(11-22-16)10-21-15-4-2-1-3-14(15)19/h1-8,10,16,22H,9,11H2,(H2,20,24)(H,23,25). The monoisotopic (exact) mass is 334 g/mol. The summed E-state index contributed by atoms with van der Waals surface area (Å²) in [5.41, 5.74) is 8.21. The van der Waals surface area contributed by atoms with Crippen molar-refractivity contribution in [3.63, 3.8) is 0 Å². The number of carbonyl (C=O) groups is 2. The second kappa shape index (κ2) is 5.82. The summed E-state index contributed by atoms with van der Waals surface area (Å²) in [6, 6.07) is 14.3. The molecule has 1 saturated heterocycles. The molecule has 2 aliphatic heterocycles. The highest BCUT2D eigenvalue weighted by Crippen LogP contribution is 2.42. The summed E-state index contributed by atoms with van der Waals surface area (Å²) >= 11 is 0. The molecule has 0 radical (unpaired) electrons. The van der Waals surface area contributed by atoms with Gasteiger partial charge in [-0.3, -0.25) is 14.6 Å². The highest BCUT2D eigenvalue weighted by atomic mass is 16.2. The molecule has 0 aromatic heterocycles. The zero-order chi connectivity index (χ0) is 17.4. The molecule has 4 rings (SSSR count). The summed E-state index contributed by atoms with van der Waals surface area (Å²) < 4.78 is 0. The Morgan fingerprint density at radius 2 is 1.92 bits per heavy atom. The first kappa shape index (κ1) is 15.5. The van der Waals surface area contributed by atoms with E-state index < -0.39 is 5.91 Å². The van der Waals surface area contributed by atoms with E-state index in [9.17, 15) is 9.59 Å². The number of nitrogens with two attached hydrogens (primary N) is 1. The van der Waals surface area contributed by atoms with E-state index >= 15 is 0 Å². The van der Waals surface area contributed by atoms with E-state index in [1.165, 1.54) is 5.56 Å². The van der Waals surface area contributed by atoms with Crippen molar-refractivity contribution in [2.45, 2.75) is 17.9 Å². The fraction of sp³-hybridized carbons (Fsp3) is 0.211. The molecule has 0 saturated carbocycles. The smallest absolute Gasteiger partial charge is 0.248 e. The maximum Gasteiger partial charge on any atom is 0.248 e. The molecule has 2 atom stereocenters. The Kier molecular flexibility index (Phi) is 3.62. The van der Waals surface area contributed by atoms with Gasteiger partial charge in [0.1, 0.15) is 0 Å². The molecule has 4 N–H and O–H groups in total. The Morgan fingerprint density at radius 1 is 1.16 bits per heavy atom. The van der Waals surface area contributed by atoms with E-state index in [4.69, 9.17) is 5.73 Å². The van der Waals surface area contributed by atoms with Crippen LogP contribution >= 0.6 is 0 Å². The van der Waals surface area contributed by atoms with E-state index in [1.807, 2.05) is 24.4 Å². The van der Waals surface area contributed by atoms with Gasteiger partial charge in [-0.25, -0.2) is 0 Å². The van der Waals surface area contributed by atoms with Crippen LogP contribution in [-0.2, 0) is 10.2 Å². The van der Waals surface area contributed by atoms with Gasteiger partial charge in [0, 0.05) is 29.4 Å². The van der Waals surface area contributed by atoms with Crippen LogP contribution in [0, 0.1) is 0 Å². The molecule has 2 aromatic rings. The van der Waals surface area contributed by atoms with Gasteiger partial charge in [0.15, 0.2) is 0 Å². The molecule has 6 heteroatoms. The molecule has 0 aliphatic carbocycles. The number of carbonyl (C=O) groups excluding carboxylic acids is 2. The van der Waals surface area contributed by atoms with Crippen LogP contribution in [0.2, 0.25) is 0 Å². The second-order valence-corrected chi connectivity index (χ2v) is 6.50. The zero-order valence-electron chi connectivity index (χ0n) is 13.5. The number of para-hydroxylation sites is 1. The van der Waals surface area contributed by atoms with Gasteiger partial charge in [0.25, 0.3) is 0 Å². The number of amides is 2. The van der Waals surface area contributed by atoms with Crippen LogP contribution in [0.1, 0.15) is 22.3 Å². The van der Waals surface area contributed by atoms with Crippen molar-refractivity contribution in [2.24, 2.45) is 10.7 Å². The van der Waals surface area contributed by atoms with Crippen molar-refractivity contribution in [3.05, 3.63) is 59.7 Å². The molecule has 25 heavy (non-hydrogen) atoms. The Hall–Kier alpha value is -2.99. The minimum Gasteiger partial charge on any atom is -0.366 e. The molecule has 2 unspecified atom stereocenters. The van der Waals surface area contributed by atoms with Crippen molar-refractivity contribution in [1.82, 2.24) is 5.32 Å². The largest absolute Gasteiger partial charge is 0.366 e. The van der Waals surface area contributed by atoms with Gasteiger partial charge in [-0.1, -0.05) is 18.2 Å². The van der Waals surface area contributed by atoms with Crippen LogP contribution in [-0.4, -0.2) is 30.6 Å². The van der Waals surface area contributed by atoms with E-state index in [0.717, 1.165) is 5.69 Å². The minimum atomic E-state index is -0.489. The van der Waals surface area contributed by atoms with Crippen LogP contribution < -0.4 is 16.4 Å². The number of benzene rings is 2. The second-order valence-electron chi connectivity index (χ2n) is 6.50. The Morgan fingerprint density at radius 3 is 2.68 bits per heavy atom. The molecule has 0 bridgehead atoms. The SMILES string of the molecule is NC(=O)c1ccc(NC(=O)C2CC3(C=Nc4ccccc43)CN2)cc1. The van der Waals surface area contributed by atoms with Gasteiger partial charge >= 0.3 is 0 Å². The fourth-order valence-electron chi connectivity index (χ4n) is 3.52. The van der Waals surface area contributed by atoms with E-state index in [-0.39, 0.29) is 17.4 Å². The van der Waals surface area contributed by atoms with E-state index in [1.54, 1.807) is 24.3 Å². The lowest BCUT2D eigenvalue weighted by molar-refractivity contribution is -0.117. The van der Waals surface area contributed by atoms with Crippen molar-refractivity contribution in [1.29, 1.82) is 0 Å². The number of nitrogens with zero attached hydrogens (tertiary/aromatic N) is 1. The Labute approximate surface area is 145 Å². The summed E-state index contributed by atoms with van der Waals surface area (Å²) in [7, 11) is 0. The number of aliphatic imine (C=N–C) groups is 1. The van der Waals surface area contributed by atoms with Gasteiger partial charge in [-0.2, -0.15) is 0 Å². The Balaban J connectivity index is 1.46. The van der Waals surface area contributed by atoms with Gasteiger partial charge in [0.2, 0.25) is 11.8 Å². The summed E-state index contributed by atoms with van der Waals surface area (Å²) in [6.07, 6.45) is 2.62. The van der Waals surface area contributed by atoms with Gasteiger partial charge < -0.3 is 16.4 Å². The molecule has 6 nitrogen and oxygen atoms in total. The van der Waals surface area contributed by atoms with Crippen molar-refractivity contribution in [3.8, 4) is 0 Å². The predicted molar refractivity (Wildman–Crippen MR) is 96.3 cm³/mol. The highest BCUT2D eigenvalue weighted by Gasteiger charge is 2.45. The third-order valence-corrected chi connectivity index (χ3v) is 4.88. The molecule has 1 fully saturated rings. The number of hydrogen-bond acceptors (Lipinski definition) is 4. The number of hydrogen-bond donors (Lipinski definition) is 3. The van der Waals surface area contributed by atoms with Crippen molar-refractivity contribution in [2.75, 3.05) is 11.9 Å². The van der Waals surface area contributed by atoms with Crippen LogP contribution in [0.4, 0.5) is 11.4 Å². The summed E-state index contributed by atoms with van der Waals surface area (Å²) in [5.74, 6) is -0.585. The van der Waals surface area contributed by atoms with Crippen molar-refractivity contribution < 1.29 is 9.59 Å². The van der Waals surface area contributed by atoms with Crippen molar-refractivity contribution >= 4 is 29.4 Å². The summed E-state index contributed by atoms with van der Waals surface area (Å²) in [4.78, 5) is 28.2.